The molecule has 0 aliphatic carbocycles. The Hall–Kier alpha value is -2.64. The zero-order valence-electron chi connectivity index (χ0n) is 19.3. The number of hydrogen-bond acceptors (Lipinski definition) is 5. The van der Waals surface area contributed by atoms with Crippen LogP contribution in [-0.2, 0) is 9.31 Å². The van der Waals surface area contributed by atoms with Crippen molar-refractivity contribution in [3.05, 3.63) is 54.6 Å². The van der Waals surface area contributed by atoms with Gasteiger partial charge in [-0.3, -0.25) is 0 Å². The molecule has 1 aliphatic rings. The summed E-state index contributed by atoms with van der Waals surface area (Å²) in [5.74, 6) is 0. The zero-order chi connectivity index (χ0) is 23.0. The van der Waals surface area contributed by atoms with Crippen LogP contribution < -0.4 is 5.46 Å². The number of thiophene rings is 1. The molecule has 4 aromatic carbocycles. The van der Waals surface area contributed by atoms with Gasteiger partial charge in [-0.05, 0) is 74.3 Å². The molecule has 1 aliphatic heterocycles. The zero-order valence-corrected chi connectivity index (χ0v) is 20.9. The first-order valence-electron chi connectivity index (χ1n) is 11.6. The fourth-order valence-corrected chi connectivity index (χ4v) is 8.01. The highest BCUT2D eigenvalue weighted by Gasteiger charge is 2.51. The summed E-state index contributed by atoms with van der Waals surface area (Å²) >= 11 is 3.69. The summed E-state index contributed by atoms with van der Waals surface area (Å²) in [6, 6.07) is 19.7. The minimum atomic E-state index is -0.381. The van der Waals surface area contributed by atoms with Gasteiger partial charge in [0.15, 0.2) is 0 Å². The molecular weight excluding hydrogens is 459 g/mol. The second-order valence-electron chi connectivity index (χ2n) is 10.4. The average Bonchev–Trinajstić information content (AvgIpc) is 3.37. The van der Waals surface area contributed by atoms with Gasteiger partial charge in [0, 0.05) is 40.3 Å². The Bertz CT molecular complexity index is 1920. The van der Waals surface area contributed by atoms with Crippen LogP contribution in [0.4, 0.5) is 0 Å². The normalized spacial score (nSPS) is 18.2. The fraction of sp³-hybridized carbons (Fsp3) is 0.214. The van der Waals surface area contributed by atoms with Gasteiger partial charge in [-0.25, -0.2) is 0 Å². The first-order chi connectivity index (χ1) is 16.3. The van der Waals surface area contributed by atoms with Gasteiger partial charge in [0.05, 0.1) is 11.2 Å². The third-order valence-corrected chi connectivity index (χ3v) is 10.1. The summed E-state index contributed by atoms with van der Waals surface area (Å²) in [7, 11) is -0.381. The van der Waals surface area contributed by atoms with E-state index < -0.39 is 0 Å². The smallest absolute Gasteiger partial charge is 0.456 e. The Morgan fingerprint density at radius 2 is 1.41 bits per heavy atom. The number of furan rings is 1. The summed E-state index contributed by atoms with van der Waals surface area (Å²) in [6.07, 6.45) is 0. The minimum Gasteiger partial charge on any atom is -0.456 e. The second kappa shape index (κ2) is 6.13. The molecule has 0 bridgehead atoms. The number of benzene rings is 4. The highest BCUT2D eigenvalue weighted by molar-refractivity contribution is 7.29. The van der Waals surface area contributed by atoms with E-state index in [1.165, 1.54) is 51.1 Å². The average molecular weight is 480 g/mol. The Morgan fingerprint density at radius 3 is 2.21 bits per heavy atom. The highest BCUT2D eigenvalue weighted by Crippen LogP contribution is 2.49. The predicted molar refractivity (Wildman–Crippen MR) is 146 cm³/mol. The molecule has 0 saturated carbocycles. The number of hydrogen-bond donors (Lipinski definition) is 0. The van der Waals surface area contributed by atoms with E-state index in [-0.39, 0.29) is 18.3 Å². The van der Waals surface area contributed by atoms with Gasteiger partial charge in [0.1, 0.15) is 11.2 Å². The van der Waals surface area contributed by atoms with Crippen molar-refractivity contribution in [2.45, 2.75) is 38.9 Å². The molecule has 8 rings (SSSR count). The van der Waals surface area contributed by atoms with E-state index in [9.17, 15) is 0 Å². The van der Waals surface area contributed by atoms with Gasteiger partial charge in [0.25, 0.3) is 0 Å². The van der Waals surface area contributed by atoms with E-state index in [0.717, 1.165) is 16.6 Å². The van der Waals surface area contributed by atoms with Crippen LogP contribution in [0.1, 0.15) is 27.7 Å². The first kappa shape index (κ1) is 19.6. The molecule has 0 unspecified atom stereocenters. The van der Waals surface area contributed by atoms with Crippen LogP contribution in [0.15, 0.2) is 59.0 Å². The Morgan fingerprint density at radius 1 is 0.676 bits per heavy atom. The molecule has 1 fully saturated rings. The summed E-state index contributed by atoms with van der Waals surface area (Å²) in [6.45, 7) is 8.44. The van der Waals surface area contributed by atoms with Gasteiger partial charge in [-0.1, -0.05) is 24.3 Å². The lowest BCUT2D eigenvalue weighted by molar-refractivity contribution is 0.00578. The van der Waals surface area contributed by atoms with Gasteiger partial charge in [-0.2, -0.15) is 0 Å². The minimum absolute atomic E-state index is 0.369. The number of fused-ring (bicyclic) bond motifs is 2. The van der Waals surface area contributed by atoms with Crippen LogP contribution in [0, 0.1) is 0 Å². The van der Waals surface area contributed by atoms with Crippen molar-refractivity contribution in [1.29, 1.82) is 0 Å². The first-order valence-corrected chi connectivity index (χ1v) is 13.2. The van der Waals surface area contributed by atoms with Gasteiger partial charge in [-0.15, -0.1) is 22.7 Å². The molecule has 0 N–H and O–H groups in total. The van der Waals surface area contributed by atoms with Gasteiger partial charge in [0.2, 0.25) is 0 Å². The Labute approximate surface area is 204 Å². The quantitative estimate of drug-likeness (QED) is 0.223. The van der Waals surface area contributed by atoms with Crippen molar-refractivity contribution in [1.82, 2.24) is 0 Å². The van der Waals surface area contributed by atoms with Crippen molar-refractivity contribution in [3.63, 3.8) is 0 Å². The van der Waals surface area contributed by atoms with E-state index in [1.54, 1.807) is 0 Å². The molecule has 166 valence electrons. The standard InChI is InChI=1S/C28H21BO3S2/c1-27(2)28(3,4)32-29(31-27)15-12-20-24-21(13-15)34-26-16-8-6-5-7-14(16)11-18-23(26)22-17(30-18)9-10-19(33-20)25(22)24/h5-13H,1-4H3. The Balaban J connectivity index is 1.56. The van der Waals surface area contributed by atoms with E-state index >= 15 is 0 Å². The maximum atomic E-state index is 6.44. The van der Waals surface area contributed by atoms with Crippen molar-refractivity contribution >= 4 is 97.5 Å². The third kappa shape index (κ3) is 2.35. The Kier molecular flexibility index (Phi) is 3.54. The van der Waals surface area contributed by atoms with Gasteiger partial charge < -0.3 is 13.7 Å². The van der Waals surface area contributed by atoms with E-state index in [1.807, 2.05) is 22.7 Å². The molecule has 0 radical (unpaired) electrons. The summed E-state index contributed by atoms with van der Waals surface area (Å²) < 4.78 is 24.4. The van der Waals surface area contributed by atoms with Crippen molar-refractivity contribution < 1.29 is 13.7 Å². The van der Waals surface area contributed by atoms with Crippen molar-refractivity contribution in [2.75, 3.05) is 0 Å². The summed E-state index contributed by atoms with van der Waals surface area (Å²) in [5.41, 5.74) is 2.27. The topological polar surface area (TPSA) is 31.6 Å². The van der Waals surface area contributed by atoms with Crippen LogP contribution in [0.2, 0.25) is 0 Å². The summed E-state index contributed by atoms with van der Waals surface area (Å²) in [5, 5.41) is 7.58. The van der Waals surface area contributed by atoms with E-state index in [0.29, 0.717) is 0 Å². The molecule has 0 spiro atoms. The maximum absolute atomic E-state index is 6.44. The molecule has 0 atom stereocenters. The molecular formula is C28H21BO3S2. The molecule has 4 heterocycles. The van der Waals surface area contributed by atoms with Crippen molar-refractivity contribution in [3.8, 4) is 0 Å². The lowest BCUT2D eigenvalue weighted by atomic mass is 9.79. The van der Waals surface area contributed by atoms with Crippen LogP contribution in [0.3, 0.4) is 0 Å². The number of rotatable bonds is 1. The van der Waals surface area contributed by atoms with E-state index in [2.05, 4.69) is 82.3 Å². The monoisotopic (exact) mass is 480 g/mol. The van der Waals surface area contributed by atoms with Crippen LogP contribution in [-0.4, -0.2) is 18.3 Å². The SMILES string of the molecule is CC1(C)OB(c2cc3sc4ccc5oc6cc7ccccc7c7sc(c2)c3c4c5c67)OC1(C)C. The molecule has 3 nitrogen and oxygen atoms in total. The molecule has 7 aromatic rings. The molecule has 34 heavy (non-hydrogen) atoms. The lowest BCUT2D eigenvalue weighted by Gasteiger charge is -2.32. The molecule has 3 aromatic heterocycles. The van der Waals surface area contributed by atoms with Crippen molar-refractivity contribution in [2.24, 2.45) is 0 Å². The lowest BCUT2D eigenvalue weighted by Crippen LogP contribution is -2.41. The van der Waals surface area contributed by atoms with Crippen LogP contribution in [0.5, 0.6) is 0 Å². The largest absolute Gasteiger partial charge is 0.494 e. The third-order valence-electron chi connectivity index (χ3n) is 7.86. The highest BCUT2D eigenvalue weighted by atomic mass is 32.1. The molecule has 6 heteroatoms. The molecule has 0 amide bonds. The maximum Gasteiger partial charge on any atom is 0.494 e. The van der Waals surface area contributed by atoms with Crippen LogP contribution >= 0.6 is 22.7 Å². The van der Waals surface area contributed by atoms with Gasteiger partial charge >= 0.3 is 7.12 Å². The van der Waals surface area contributed by atoms with E-state index in [4.69, 9.17) is 13.7 Å². The summed E-state index contributed by atoms with van der Waals surface area (Å²) in [4.78, 5) is 0. The predicted octanol–water partition coefficient (Wildman–Crippen LogP) is 8.06. The van der Waals surface area contributed by atoms with Crippen LogP contribution in [0.25, 0.3) is 62.3 Å². The fourth-order valence-electron chi connectivity index (χ4n) is 5.42. The molecule has 1 saturated heterocycles. The second-order valence-corrected chi connectivity index (χ2v) is 12.5.